The van der Waals surface area contributed by atoms with Crippen LogP contribution in [0, 0.1) is 6.92 Å². The molecule has 3 heterocycles. The fraction of sp³-hybridized carbons (Fsp3) is 0.0952. The molecule has 0 fully saturated rings. The zero-order valence-corrected chi connectivity index (χ0v) is 16.5. The number of amides is 1. The molecule has 4 aromatic rings. The van der Waals surface area contributed by atoms with Gasteiger partial charge in [-0.05, 0) is 37.3 Å². The molecule has 0 aliphatic carbocycles. The van der Waals surface area contributed by atoms with Gasteiger partial charge < -0.3 is 5.32 Å². The molecule has 0 saturated carbocycles. The molecule has 0 aliphatic rings. The molecule has 0 aliphatic heterocycles. The summed E-state index contributed by atoms with van der Waals surface area (Å²) in [6, 6.07) is 10.6. The number of benzene rings is 1. The molecule has 8 nitrogen and oxygen atoms in total. The zero-order chi connectivity index (χ0) is 22.9. The van der Waals surface area contributed by atoms with E-state index in [0.717, 1.165) is 16.8 Å². The smallest absolute Gasteiger partial charge is 0.317 e. The predicted molar refractivity (Wildman–Crippen MR) is 109 cm³/mol. The van der Waals surface area contributed by atoms with Crippen molar-refractivity contribution in [1.82, 2.24) is 24.5 Å². The molecule has 0 spiro atoms. The molecular formula is C21H15F3N6O2. The number of nitrogens with one attached hydrogen (secondary N) is 1. The number of aryl methyl sites for hydroxylation is 1. The number of pyridine rings is 1. The summed E-state index contributed by atoms with van der Waals surface area (Å²) >= 11 is 0. The second-order valence-electron chi connectivity index (χ2n) is 6.70. The van der Waals surface area contributed by atoms with Crippen LogP contribution in [0.3, 0.4) is 0 Å². The van der Waals surface area contributed by atoms with Gasteiger partial charge >= 0.3 is 6.18 Å². The summed E-state index contributed by atoms with van der Waals surface area (Å²) in [6.45, 7) is 1.43. The minimum atomic E-state index is -4.65. The van der Waals surface area contributed by atoms with Crippen LogP contribution in [0.4, 0.5) is 18.9 Å². The van der Waals surface area contributed by atoms with Gasteiger partial charge in [0.1, 0.15) is 0 Å². The first-order chi connectivity index (χ1) is 15.3. The highest BCUT2D eigenvalue weighted by Gasteiger charge is 2.34. The van der Waals surface area contributed by atoms with Crippen molar-refractivity contribution in [1.29, 1.82) is 0 Å². The van der Waals surface area contributed by atoms with Crippen LogP contribution in [0.2, 0.25) is 0 Å². The average Bonchev–Trinajstić information content (AvgIpc) is 3.28. The summed E-state index contributed by atoms with van der Waals surface area (Å²) in [5, 5.41) is 10.6. The lowest BCUT2D eigenvalue weighted by Crippen LogP contribution is -2.28. The van der Waals surface area contributed by atoms with Crippen LogP contribution < -0.4 is 10.7 Å². The number of anilines is 1. The molecule has 0 saturated heterocycles. The molecule has 0 radical (unpaired) electrons. The lowest BCUT2D eigenvalue weighted by atomic mass is 10.1. The summed E-state index contributed by atoms with van der Waals surface area (Å²) in [5.74, 6) is -0.602. The molecule has 3 aromatic heterocycles. The third-order valence-electron chi connectivity index (χ3n) is 4.52. The number of para-hydroxylation sites is 1. The Morgan fingerprint density at radius 2 is 1.84 bits per heavy atom. The largest absolute Gasteiger partial charge is 0.418 e. The summed E-state index contributed by atoms with van der Waals surface area (Å²) < 4.78 is 42.8. The normalized spacial score (nSPS) is 11.4. The van der Waals surface area contributed by atoms with E-state index in [9.17, 15) is 22.8 Å². The number of aromatic nitrogens is 5. The molecule has 1 N–H and O–H groups in total. The zero-order valence-electron chi connectivity index (χ0n) is 16.5. The van der Waals surface area contributed by atoms with Crippen LogP contribution >= 0.6 is 0 Å². The molecule has 0 unspecified atom stereocenters. The van der Waals surface area contributed by atoms with Crippen LogP contribution in [-0.4, -0.2) is 30.5 Å². The maximum atomic E-state index is 13.5. The summed E-state index contributed by atoms with van der Waals surface area (Å²) in [5.41, 5.74) is -2.16. The van der Waals surface area contributed by atoms with Gasteiger partial charge in [0.25, 0.3) is 5.91 Å². The van der Waals surface area contributed by atoms with E-state index < -0.39 is 28.8 Å². The van der Waals surface area contributed by atoms with Gasteiger partial charge in [0.15, 0.2) is 11.5 Å². The van der Waals surface area contributed by atoms with Gasteiger partial charge in [-0.3, -0.25) is 9.59 Å². The van der Waals surface area contributed by atoms with Crippen molar-refractivity contribution >= 4 is 11.6 Å². The number of halogens is 3. The van der Waals surface area contributed by atoms with Crippen LogP contribution in [0.15, 0.2) is 71.9 Å². The minimum absolute atomic E-state index is 0.141. The average molecular weight is 440 g/mol. The fourth-order valence-electron chi connectivity index (χ4n) is 3.10. The van der Waals surface area contributed by atoms with Crippen molar-refractivity contribution in [3.8, 4) is 11.5 Å². The second kappa shape index (κ2) is 8.10. The van der Waals surface area contributed by atoms with E-state index in [2.05, 4.69) is 20.5 Å². The van der Waals surface area contributed by atoms with Crippen LogP contribution in [0.1, 0.15) is 21.7 Å². The van der Waals surface area contributed by atoms with Crippen LogP contribution in [-0.2, 0) is 6.18 Å². The standard InChI is InChI=1S/C21H15F3N6O2/c1-13-12-17(31)18(28-30(13)16-8-3-2-6-14(16)21(22,23)24)20(32)27-15-7-4-9-25-19(15)29-11-5-10-26-29/h2-12H,1H3,(H,27,32). The first kappa shape index (κ1) is 21.0. The van der Waals surface area contributed by atoms with Crippen molar-refractivity contribution in [2.24, 2.45) is 0 Å². The number of carbonyl (C=O) groups excluding carboxylic acids is 1. The van der Waals surface area contributed by atoms with Crippen LogP contribution in [0.25, 0.3) is 11.5 Å². The van der Waals surface area contributed by atoms with E-state index in [4.69, 9.17) is 0 Å². The third-order valence-corrected chi connectivity index (χ3v) is 4.52. The SMILES string of the molecule is Cc1cc(=O)c(C(=O)Nc2cccnc2-n2cccn2)nn1-c1ccccc1C(F)(F)F. The number of hydrogen-bond donors (Lipinski definition) is 1. The van der Waals surface area contributed by atoms with E-state index in [1.807, 2.05) is 0 Å². The molecule has 0 atom stereocenters. The quantitative estimate of drug-likeness (QED) is 0.525. The molecule has 32 heavy (non-hydrogen) atoms. The third kappa shape index (κ3) is 4.00. The lowest BCUT2D eigenvalue weighted by Gasteiger charge is -2.17. The topological polar surface area (TPSA) is 94.7 Å². The van der Waals surface area contributed by atoms with Gasteiger partial charge in [-0.2, -0.15) is 23.4 Å². The number of nitrogens with zero attached hydrogens (tertiary/aromatic N) is 5. The Morgan fingerprint density at radius 1 is 1.06 bits per heavy atom. The summed E-state index contributed by atoms with van der Waals surface area (Å²) in [4.78, 5) is 29.5. The molecule has 1 aromatic carbocycles. The maximum absolute atomic E-state index is 13.5. The summed E-state index contributed by atoms with van der Waals surface area (Å²) in [6.07, 6.45) is -0.00969. The molecular weight excluding hydrogens is 425 g/mol. The van der Waals surface area contributed by atoms with Crippen molar-refractivity contribution in [3.63, 3.8) is 0 Å². The van der Waals surface area contributed by atoms with Gasteiger partial charge in [0.2, 0.25) is 5.43 Å². The second-order valence-corrected chi connectivity index (χ2v) is 6.70. The van der Waals surface area contributed by atoms with Gasteiger partial charge in [0, 0.05) is 30.4 Å². The predicted octanol–water partition coefficient (Wildman–Crippen LogP) is 3.39. The Hall–Kier alpha value is -4.28. The highest BCUT2D eigenvalue weighted by atomic mass is 19.4. The number of carbonyl (C=O) groups is 1. The van der Waals surface area contributed by atoms with E-state index in [0.29, 0.717) is 5.82 Å². The minimum Gasteiger partial charge on any atom is -0.317 e. The highest BCUT2D eigenvalue weighted by Crippen LogP contribution is 2.33. The van der Waals surface area contributed by atoms with Gasteiger partial charge in [-0.15, -0.1) is 0 Å². The lowest BCUT2D eigenvalue weighted by molar-refractivity contribution is -0.137. The highest BCUT2D eigenvalue weighted by molar-refractivity contribution is 6.03. The monoisotopic (exact) mass is 440 g/mol. The van der Waals surface area contributed by atoms with E-state index >= 15 is 0 Å². The molecule has 4 rings (SSSR count). The fourth-order valence-corrected chi connectivity index (χ4v) is 3.10. The van der Waals surface area contributed by atoms with Gasteiger partial charge in [-0.1, -0.05) is 12.1 Å². The molecule has 11 heteroatoms. The molecule has 162 valence electrons. The first-order valence-corrected chi connectivity index (χ1v) is 9.29. The van der Waals surface area contributed by atoms with Gasteiger partial charge in [0.05, 0.1) is 16.9 Å². The van der Waals surface area contributed by atoms with Crippen molar-refractivity contribution in [2.75, 3.05) is 5.32 Å². The first-order valence-electron chi connectivity index (χ1n) is 9.29. The number of alkyl halides is 3. The Bertz CT molecular complexity index is 1350. The van der Waals surface area contributed by atoms with Crippen molar-refractivity contribution in [2.45, 2.75) is 13.1 Å². The van der Waals surface area contributed by atoms with Crippen molar-refractivity contribution in [3.05, 3.63) is 94.3 Å². The summed E-state index contributed by atoms with van der Waals surface area (Å²) in [7, 11) is 0. The maximum Gasteiger partial charge on any atom is 0.418 e. The van der Waals surface area contributed by atoms with E-state index in [1.54, 1.807) is 24.4 Å². The Morgan fingerprint density at radius 3 is 2.56 bits per heavy atom. The Balaban J connectivity index is 1.76. The van der Waals surface area contributed by atoms with Crippen LogP contribution in [0.5, 0.6) is 0 Å². The Kier molecular flexibility index (Phi) is 5.31. The van der Waals surface area contributed by atoms with Crippen molar-refractivity contribution < 1.29 is 18.0 Å². The van der Waals surface area contributed by atoms with E-state index in [-0.39, 0.29) is 17.1 Å². The van der Waals surface area contributed by atoms with E-state index in [1.165, 1.54) is 42.2 Å². The molecule has 0 bridgehead atoms. The number of rotatable bonds is 4. The Labute approximate surface area is 179 Å². The number of hydrogen-bond acceptors (Lipinski definition) is 5. The van der Waals surface area contributed by atoms with Gasteiger partial charge in [-0.25, -0.2) is 14.3 Å². The molecule has 1 amide bonds.